The van der Waals surface area contributed by atoms with E-state index in [9.17, 15) is 0 Å². The van der Waals surface area contributed by atoms with Crippen molar-refractivity contribution in [3.63, 3.8) is 0 Å². The van der Waals surface area contributed by atoms with Crippen molar-refractivity contribution in [2.75, 3.05) is 0 Å². The second kappa shape index (κ2) is 7.77. The average molecular weight is 412 g/mol. The van der Waals surface area contributed by atoms with Gasteiger partial charge in [0.1, 0.15) is 0 Å². The lowest BCUT2D eigenvalue weighted by Gasteiger charge is -2.12. The molecule has 0 N–H and O–H groups in total. The Morgan fingerprint density at radius 2 is 1.86 bits per heavy atom. The van der Waals surface area contributed by atoms with Crippen molar-refractivity contribution < 1.29 is 4.52 Å². The zero-order valence-corrected chi connectivity index (χ0v) is 17.2. The van der Waals surface area contributed by atoms with E-state index in [2.05, 4.69) is 39.4 Å². The highest BCUT2D eigenvalue weighted by atomic mass is 35.5. The molecule has 0 aliphatic carbocycles. The monoisotopic (exact) mass is 411 g/mol. The van der Waals surface area contributed by atoms with Gasteiger partial charge in [-0.3, -0.25) is 4.57 Å². The zero-order valence-electron chi connectivity index (χ0n) is 15.6. The number of aryl methyl sites for hydroxylation is 2. The first-order chi connectivity index (χ1) is 13.5. The molecule has 1 unspecified atom stereocenters. The molecule has 0 spiro atoms. The Hall–Kier alpha value is -2.64. The summed E-state index contributed by atoms with van der Waals surface area (Å²) in [7, 11) is 0. The molecule has 0 saturated carbocycles. The van der Waals surface area contributed by atoms with Gasteiger partial charge in [0.2, 0.25) is 5.89 Å². The van der Waals surface area contributed by atoms with Crippen LogP contribution in [0.15, 0.2) is 58.2 Å². The lowest BCUT2D eigenvalue weighted by atomic mass is 10.1. The third-order valence-electron chi connectivity index (χ3n) is 4.17. The number of thioether (sulfide) groups is 1. The number of aromatic nitrogens is 5. The third kappa shape index (κ3) is 3.81. The van der Waals surface area contributed by atoms with Crippen LogP contribution < -0.4 is 0 Å². The fourth-order valence-electron chi connectivity index (χ4n) is 2.83. The van der Waals surface area contributed by atoms with Crippen LogP contribution >= 0.6 is 23.4 Å². The molecule has 0 radical (unpaired) electrons. The van der Waals surface area contributed by atoms with Crippen molar-refractivity contribution in [1.82, 2.24) is 24.9 Å². The Kier molecular flexibility index (Phi) is 5.19. The van der Waals surface area contributed by atoms with Crippen LogP contribution in [0.4, 0.5) is 0 Å². The quantitative estimate of drug-likeness (QED) is 0.407. The van der Waals surface area contributed by atoms with Crippen molar-refractivity contribution in [1.29, 1.82) is 0 Å². The molecule has 0 bridgehead atoms. The van der Waals surface area contributed by atoms with Crippen LogP contribution in [0.3, 0.4) is 0 Å². The molecule has 2 aromatic heterocycles. The molecule has 6 nitrogen and oxygen atoms in total. The van der Waals surface area contributed by atoms with E-state index in [1.54, 1.807) is 6.92 Å². The van der Waals surface area contributed by atoms with Crippen LogP contribution in [-0.4, -0.2) is 24.9 Å². The van der Waals surface area contributed by atoms with Crippen molar-refractivity contribution in [2.45, 2.75) is 31.2 Å². The summed E-state index contributed by atoms with van der Waals surface area (Å²) in [6, 6.07) is 15.8. The summed E-state index contributed by atoms with van der Waals surface area (Å²) in [5, 5.41) is 14.1. The molecular formula is C20H18ClN5OS. The summed E-state index contributed by atoms with van der Waals surface area (Å²) in [6.07, 6.45) is 0. The number of benzene rings is 2. The SMILES string of the molecule is Cc1cccc(-c2nnc(SC(C)c3nc(C)no3)n2-c2ccc(Cl)cc2)c1. The minimum Gasteiger partial charge on any atom is -0.338 e. The van der Waals surface area contributed by atoms with Crippen molar-refractivity contribution >= 4 is 23.4 Å². The molecule has 0 saturated heterocycles. The maximum absolute atomic E-state index is 6.08. The van der Waals surface area contributed by atoms with Gasteiger partial charge in [-0.05, 0) is 51.1 Å². The molecule has 0 fully saturated rings. The van der Waals surface area contributed by atoms with Crippen LogP contribution in [0, 0.1) is 13.8 Å². The normalized spacial score (nSPS) is 12.3. The minimum absolute atomic E-state index is 0.0678. The summed E-state index contributed by atoms with van der Waals surface area (Å²) in [4.78, 5) is 4.32. The summed E-state index contributed by atoms with van der Waals surface area (Å²) in [5.41, 5.74) is 3.09. The molecular weight excluding hydrogens is 394 g/mol. The molecule has 142 valence electrons. The highest BCUT2D eigenvalue weighted by molar-refractivity contribution is 7.99. The molecule has 4 rings (SSSR count). The van der Waals surface area contributed by atoms with E-state index in [0.717, 1.165) is 27.8 Å². The standard InChI is InChI=1S/C20H18ClN5OS/c1-12-5-4-6-15(11-12)18-23-24-20(26(18)17-9-7-16(21)8-10-17)28-13(2)19-22-14(3)25-27-19/h4-11,13H,1-3H3. The first kappa shape index (κ1) is 18.7. The van der Waals surface area contributed by atoms with Gasteiger partial charge in [-0.2, -0.15) is 4.98 Å². The number of hydrogen-bond acceptors (Lipinski definition) is 6. The van der Waals surface area contributed by atoms with Crippen LogP contribution in [0.25, 0.3) is 17.1 Å². The smallest absolute Gasteiger partial charge is 0.239 e. The Labute approximate surface area is 172 Å². The largest absolute Gasteiger partial charge is 0.338 e. The summed E-state index contributed by atoms with van der Waals surface area (Å²) >= 11 is 7.60. The second-order valence-electron chi connectivity index (χ2n) is 6.43. The van der Waals surface area contributed by atoms with Gasteiger partial charge in [-0.1, -0.05) is 52.3 Å². The van der Waals surface area contributed by atoms with E-state index in [1.807, 2.05) is 47.9 Å². The topological polar surface area (TPSA) is 69.6 Å². The number of rotatable bonds is 5. The van der Waals surface area contributed by atoms with Gasteiger partial charge in [-0.15, -0.1) is 10.2 Å². The van der Waals surface area contributed by atoms with Crippen LogP contribution in [0.5, 0.6) is 0 Å². The molecule has 4 aromatic rings. The molecule has 1 atom stereocenters. The first-order valence-electron chi connectivity index (χ1n) is 8.76. The maximum atomic E-state index is 6.08. The van der Waals surface area contributed by atoms with E-state index in [0.29, 0.717) is 16.7 Å². The van der Waals surface area contributed by atoms with Gasteiger partial charge < -0.3 is 4.52 Å². The zero-order chi connectivity index (χ0) is 19.7. The van der Waals surface area contributed by atoms with Gasteiger partial charge in [0.05, 0.1) is 5.25 Å². The molecule has 28 heavy (non-hydrogen) atoms. The Morgan fingerprint density at radius 3 is 2.54 bits per heavy atom. The average Bonchev–Trinajstić information content (AvgIpc) is 3.29. The number of nitrogens with zero attached hydrogens (tertiary/aromatic N) is 5. The van der Waals surface area contributed by atoms with Crippen molar-refractivity contribution in [3.05, 3.63) is 70.8 Å². The Bertz CT molecular complexity index is 1110. The maximum Gasteiger partial charge on any atom is 0.239 e. The highest BCUT2D eigenvalue weighted by Gasteiger charge is 2.22. The lowest BCUT2D eigenvalue weighted by Crippen LogP contribution is -2.01. The molecule has 2 aromatic carbocycles. The first-order valence-corrected chi connectivity index (χ1v) is 10.0. The summed E-state index contributed by atoms with van der Waals surface area (Å²) in [6.45, 7) is 5.86. The second-order valence-corrected chi connectivity index (χ2v) is 8.17. The Morgan fingerprint density at radius 1 is 1.07 bits per heavy atom. The fraction of sp³-hybridized carbons (Fsp3) is 0.200. The van der Waals surface area contributed by atoms with Gasteiger partial charge in [-0.25, -0.2) is 0 Å². The Balaban J connectivity index is 1.79. The van der Waals surface area contributed by atoms with Crippen LogP contribution in [0.1, 0.15) is 29.5 Å². The van der Waals surface area contributed by atoms with Crippen molar-refractivity contribution in [2.24, 2.45) is 0 Å². The molecule has 0 aliphatic rings. The van der Waals surface area contributed by atoms with E-state index in [1.165, 1.54) is 11.8 Å². The van der Waals surface area contributed by atoms with E-state index in [-0.39, 0.29) is 5.25 Å². The van der Waals surface area contributed by atoms with Gasteiger partial charge in [0.15, 0.2) is 16.8 Å². The lowest BCUT2D eigenvalue weighted by molar-refractivity contribution is 0.376. The van der Waals surface area contributed by atoms with E-state index < -0.39 is 0 Å². The van der Waals surface area contributed by atoms with E-state index in [4.69, 9.17) is 16.1 Å². The highest BCUT2D eigenvalue weighted by Crippen LogP contribution is 2.36. The van der Waals surface area contributed by atoms with Gasteiger partial charge >= 0.3 is 0 Å². The summed E-state index contributed by atoms with van der Waals surface area (Å²) < 4.78 is 7.33. The fourth-order valence-corrected chi connectivity index (χ4v) is 3.85. The van der Waals surface area contributed by atoms with E-state index >= 15 is 0 Å². The van der Waals surface area contributed by atoms with Crippen LogP contribution in [-0.2, 0) is 0 Å². The molecule has 0 aliphatic heterocycles. The van der Waals surface area contributed by atoms with Crippen LogP contribution in [0.2, 0.25) is 5.02 Å². The summed E-state index contributed by atoms with van der Waals surface area (Å²) in [5.74, 6) is 1.94. The third-order valence-corrected chi connectivity index (χ3v) is 5.45. The molecule has 8 heteroatoms. The predicted molar refractivity (Wildman–Crippen MR) is 110 cm³/mol. The minimum atomic E-state index is -0.0678. The van der Waals surface area contributed by atoms with Crippen molar-refractivity contribution in [3.8, 4) is 17.1 Å². The molecule has 0 amide bonds. The van der Waals surface area contributed by atoms with Gasteiger partial charge in [0, 0.05) is 16.3 Å². The molecule has 2 heterocycles. The van der Waals surface area contributed by atoms with Gasteiger partial charge in [0.25, 0.3) is 0 Å². The number of hydrogen-bond donors (Lipinski definition) is 0. The number of halogens is 1. The predicted octanol–water partition coefficient (Wildman–Crippen LogP) is 5.44.